The minimum absolute atomic E-state index is 0.0360. The lowest BCUT2D eigenvalue weighted by molar-refractivity contribution is 0.0507. The summed E-state index contributed by atoms with van der Waals surface area (Å²) in [6.45, 7) is 3.84. The molecule has 0 radical (unpaired) electrons. The summed E-state index contributed by atoms with van der Waals surface area (Å²) in [6, 6.07) is 9.08. The molecule has 1 saturated heterocycles. The van der Waals surface area contributed by atoms with E-state index in [1.54, 1.807) is 12.0 Å². The highest BCUT2D eigenvalue weighted by Gasteiger charge is 2.25. The SMILES string of the molecule is CCCn1c(=O)[nH]c(=O)c2cc(C(=O)N(Cc3cccc(OC)c3)CC3CCCO3)cnc21. The van der Waals surface area contributed by atoms with Crippen molar-refractivity contribution >= 4 is 16.9 Å². The lowest BCUT2D eigenvalue weighted by Crippen LogP contribution is -2.37. The van der Waals surface area contributed by atoms with Crippen LogP contribution < -0.4 is 16.0 Å². The molecule has 2 aromatic heterocycles. The van der Waals surface area contributed by atoms with Crippen molar-refractivity contribution in [3.63, 3.8) is 0 Å². The number of hydrogen-bond donors (Lipinski definition) is 1. The Hall–Kier alpha value is -3.46. The molecule has 1 aliphatic heterocycles. The molecule has 3 aromatic rings. The van der Waals surface area contributed by atoms with Gasteiger partial charge in [-0.1, -0.05) is 19.1 Å². The molecule has 0 bridgehead atoms. The molecule has 0 aliphatic carbocycles. The molecule has 1 amide bonds. The average Bonchev–Trinajstić information content (AvgIpc) is 3.34. The van der Waals surface area contributed by atoms with Crippen LogP contribution in [0.1, 0.15) is 42.1 Å². The number of fused-ring (bicyclic) bond motifs is 1. The van der Waals surface area contributed by atoms with Crippen molar-refractivity contribution < 1.29 is 14.3 Å². The minimum atomic E-state index is -0.553. The fourth-order valence-corrected chi connectivity index (χ4v) is 4.14. The fraction of sp³-hybridized carbons (Fsp3) is 0.417. The van der Waals surface area contributed by atoms with Crippen LogP contribution >= 0.6 is 0 Å². The van der Waals surface area contributed by atoms with Gasteiger partial charge in [0.25, 0.3) is 11.5 Å². The Labute approximate surface area is 191 Å². The van der Waals surface area contributed by atoms with E-state index in [9.17, 15) is 14.4 Å². The number of aromatic amines is 1. The summed E-state index contributed by atoms with van der Waals surface area (Å²) < 4.78 is 12.5. The van der Waals surface area contributed by atoms with E-state index in [-0.39, 0.29) is 28.6 Å². The monoisotopic (exact) mass is 452 g/mol. The largest absolute Gasteiger partial charge is 0.497 e. The molecular formula is C24H28N4O5. The minimum Gasteiger partial charge on any atom is -0.497 e. The zero-order chi connectivity index (χ0) is 23.4. The summed E-state index contributed by atoms with van der Waals surface area (Å²) in [5.41, 5.74) is 0.433. The van der Waals surface area contributed by atoms with Gasteiger partial charge in [-0.15, -0.1) is 0 Å². The summed E-state index contributed by atoms with van der Waals surface area (Å²) in [6.07, 6.45) is 3.96. The highest BCUT2D eigenvalue weighted by atomic mass is 16.5. The number of carbonyl (C=O) groups excluding carboxylic acids is 1. The van der Waals surface area contributed by atoms with Gasteiger partial charge in [0, 0.05) is 32.4 Å². The van der Waals surface area contributed by atoms with E-state index in [2.05, 4.69) is 9.97 Å². The number of rotatable bonds is 8. The lowest BCUT2D eigenvalue weighted by Gasteiger charge is -2.26. The standard InChI is InChI=1S/C24H28N4O5/c1-3-9-28-21-20(22(29)26-24(28)31)12-17(13-25-21)23(30)27(15-19-8-5-10-33-19)14-16-6-4-7-18(11-16)32-2/h4,6-7,11-13,19H,3,5,8-10,14-15H2,1-2H3,(H,26,29,31). The zero-order valence-corrected chi connectivity index (χ0v) is 18.9. The van der Waals surface area contributed by atoms with E-state index < -0.39 is 11.2 Å². The number of carbonyl (C=O) groups is 1. The third kappa shape index (κ3) is 4.98. The van der Waals surface area contributed by atoms with Crippen LogP contribution in [0.5, 0.6) is 5.75 Å². The molecule has 1 N–H and O–H groups in total. The summed E-state index contributed by atoms with van der Waals surface area (Å²) in [5, 5.41) is 0.215. The Morgan fingerprint density at radius 1 is 1.33 bits per heavy atom. The van der Waals surface area contributed by atoms with Crippen molar-refractivity contribution in [2.75, 3.05) is 20.3 Å². The number of H-pyrrole nitrogens is 1. The van der Waals surface area contributed by atoms with Gasteiger partial charge in [0.15, 0.2) is 0 Å². The maximum absolute atomic E-state index is 13.5. The van der Waals surface area contributed by atoms with Gasteiger partial charge in [0.05, 0.1) is 24.2 Å². The Kier molecular flexibility index (Phi) is 6.88. The van der Waals surface area contributed by atoms with Gasteiger partial charge in [0.1, 0.15) is 11.4 Å². The normalized spacial score (nSPS) is 15.6. The number of methoxy groups -OCH3 is 1. The number of nitrogens with zero attached hydrogens (tertiary/aromatic N) is 3. The molecular weight excluding hydrogens is 424 g/mol. The smallest absolute Gasteiger partial charge is 0.329 e. The second-order valence-corrected chi connectivity index (χ2v) is 8.18. The van der Waals surface area contributed by atoms with Crippen LogP contribution in [0.2, 0.25) is 0 Å². The number of hydrogen-bond acceptors (Lipinski definition) is 6. The van der Waals surface area contributed by atoms with Crippen molar-refractivity contribution in [1.29, 1.82) is 0 Å². The maximum atomic E-state index is 13.5. The first kappa shape index (κ1) is 22.7. The zero-order valence-electron chi connectivity index (χ0n) is 18.9. The van der Waals surface area contributed by atoms with E-state index in [0.717, 1.165) is 18.4 Å². The van der Waals surface area contributed by atoms with E-state index >= 15 is 0 Å². The van der Waals surface area contributed by atoms with Crippen molar-refractivity contribution in [2.45, 2.75) is 45.4 Å². The summed E-state index contributed by atoms with van der Waals surface area (Å²) in [5.74, 6) is 0.458. The summed E-state index contributed by atoms with van der Waals surface area (Å²) >= 11 is 0. The van der Waals surface area contributed by atoms with E-state index in [1.807, 2.05) is 31.2 Å². The van der Waals surface area contributed by atoms with Gasteiger partial charge in [0.2, 0.25) is 0 Å². The highest BCUT2D eigenvalue weighted by Crippen LogP contribution is 2.20. The van der Waals surface area contributed by atoms with Gasteiger partial charge in [-0.25, -0.2) is 9.78 Å². The first-order valence-electron chi connectivity index (χ1n) is 11.2. The van der Waals surface area contributed by atoms with Crippen LogP contribution in [-0.2, 0) is 17.8 Å². The average molecular weight is 453 g/mol. The predicted molar refractivity (Wildman–Crippen MR) is 124 cm³/mol. The Bertz CT molecular complexity index is 1260. The first-order chi connectivity index (χ1) is 16.0. The van der Waals surface area contributed by atoms with Crippen molar-refractivity contribution in [1.82, 2.24) is 19.4 Å². The van der Waals surface area contributed by atoms with Gasteiger partial charge in [-0.05, 0) is 43.0 Å². The molecule has 1 aliphatic rings. The number of nitrogens with one attached hydrogen (secondary N) is 1. The predicted octanol–water partition coefficient (Wildman–Crippen LogP) is 2.32. The van der Waals surface area contributed by atoms with Crippen LogP contribution in [0.25, 0.3) is 11.0 Å². The summed E-state index contributed by atoms with van der Waals surface area (Å²) in [7, 11) is 1.60. The Morgan fingerprint density at radius 3 is 2.91 bits per heavy atom. The number of aryl methyl sites for hydroxylation is 1. The number of amides is 1. The molecule has 0 spiro atoms. The quantitative estimate of drug-likeness (QED) is 0.562. The van der Waals surface area contributed by atoms with Crippen LogP contribution in [0, 0.1) is 0 Å². The lowest BCUT2D eigenvalue weighted by atomic mass is 10.1. The van der Waals surface area contributed by atoms with E-state index in [0.29, 0.717) is 38.4 Å². The van der Waals surface area contributed by atoms with Gasteiger partial charge < -0.3 is 14.4 Å². The first-order valence-corrected chi connectivity index (χ1v) is 11.2. The topological polar surface area (TPSA) is 107 Å². The molecule has 1 fully saturated rings. The molecule has 1 aromatic carbocycles. The second-order valence-electron chi connectivity index (χ2n) is 8.18. The van der Waals surface area contributed by atoms with Gasteiger partial charge in [-0.2, -0.15) is 0 Å². The Balaban J connectivity index is 1.69. The molecule has 1 atom stereocenters. The van der Waals surface area contributed by atoms with Gasteiger partial charge in [-0.3, -0.25) is 19.1 Å². The van der Waals surface area contributed by atoms with Crippen LogP contribution in [-0.4, -0.2) is 51.7 Å². The maximum Gasteiger partial charge on any atom is 0.329 e. The second kappa shape index (κ2) is 9.99. The van der Waals surface area contributed by atoms with Crippen LogP contribution in [0.4, 0.5) is 0 Å². The molecule has 9 heteroatoms. The molecule has 174 valence electrons. The number of aromatic nitrogens is 3. The number of pyridine rings is 1. The third-order valence-electron chi connectivity index (χ3n) is 5.77. The van der Waals surface area contributed by atoms with E-state index in [1.165, 1.54) is 16.8 Å². The van der Waals surface area contributed by atoms with Crippen molar-refractivity contribution in [3.8, 4) is 5.75 Å². The Morgan fingerprint density at radius 2 is 2.18 bits per heavy atom. The molecule has 0 saturated carbocycles. The van der Waals surface area contributed by atoms with Crippen LogP contribution in [0.3, 0.4) is 0 Å². The fourth-order valence-electron chi connectivity index (χ4n) is 4.14. The number of ether oxygens (including phenoxy) is 2. The molecule has 3 heterocycles. The van der Waals surface area contributed by atoms with Crippen LogP contribution in [0.15, 0.2) is 46.1 Å². The molecule has 33 heavy (non-hydrogen) atoms. The third-order valence-corrected chi connectivity index (χ3v) is 5.77. The molecule has 4 rings (SSSR count). The molecule has 1 unspecified atom stereocenters. The van der Waals surface area contributed by atoms with E-state index in [4.69, 9.17) is 9.47 Å². The molecule has 9 nitrogen and oxygen atoms in total. The number of benzene rings is 1. The van der Waals surface area contributed by atoms with Gasteiger partial charge >= 0.3 is 5.69 Å². The summed E-state index contributed by atoms with van der Waals surface area (Å²) in [4.78, 5) is 46.6. The highest BCUT2D eigenvalue weighted by molar-refractivity contribution is 5.96. The van der Waals surface area contributed by atoms with Crippen molar-refractivity contribution in [3.05, 3.63) is 68.5 Å². The van der Waals surface area contributed by atoms with Crippen molar-refractivity contribution in [2.24, 2.45) is 0 Å².